The van der Waals surface area contributed by atoms with Gasteiger partial charge in [-0.2, -0.15) is 4.98 Å². The van der Waals surface area contributed by atoms with Crippen LogP contribution in [0.15, 0.2) is 29.0 Å². The Bertz CT molecular complexity index is 1580. The van der Waals surface area contributed by atoms with Crippen molar-refractivity contribution in [1.29, 1.82) is 0 Å². The van der Waals surface area contributed by atoms with Gasteiger partial charge in [-0.15, -0.1) is 0 Å². The Hall–Kier alpha value is -4.57. The monoisotopic (exact) mass is 666 g/mol. The van der Waals surface area contributed by atoms with Gasteiger partial charge in [0.15, 0.2) is 11.6 Å². The lowest BCUT2D eigenvalue weighted by Gasteiger charge is -2.37. The van der Waals surface area contributed by atoms with Crippen molar-refractivity contribution in [3.63, 3.8) is 0 Å². The van der Waals surface area contributed by atoms with E-state index in [1.54, 1.807) is 35.5 Å². The number of anilines is 2. The molecule has 0 bridgehead atoms. The molecule has 254 valence electrons. The summed E-state index contributed by atoms with van der Waals surface area (Å²) >= 11 is 0. The maximum atomic E-state index is 14.9. The highest BCUT2D eigenvalue weighted by Crippen LogP contribution is 2.33. The summed E-state index contributed by atoms with van der Waals surface area (Å²) in [5.41, 5.74) is -0.714. The van der Waals surface area contributed by atoms with Crippen LogP contribution in [0, 0.1) is 17.5 Å². The molecule has 2 unspecified atom stereocenters. The summed E-state index contributed by atoms with van der Waals surface area (Å²) in [4.78, 5) is 43.6. The van der Waals surface area contributed by atoms with Crippen molar-refractivity contribution in [2.45, 2.75) is 70.6 Å². The van der Waals surface area contributed by atoms with Gasteiger partial charge in [0.2, 0.25) is 11.8 Å². The van der Waals surface area contributed by atoms with Crippen LogP contribution in [0.4, 0.5) is 38.7 Å². The molecule has 47 heavy (non-hydrogen) atoms. The van der Waals surface area contributed by atoms with E-state index >= 15 is 0 Å². The minimum Gasteiger partial charge on any atom is -0.444 e. The summed E-state index contributed by atoms with van der Waals surface area (Å²) in [6.07, 6.45) is 0.207. The summed E-state index contributed by atoms with van der Waals surface area (Å²) in [6.45, 7) is 8.26. The SMILES string of the molecule is CCN(C(=O)c1cnc(N2CC(NC(=O)OC(C)(C)C)C(c3cc(F)c(F)cc3F)C2)nc1)C1CCN(c2nc(C(F)F)no2)CC1. The lowest BCUT2D eigenvalue weighted by molar-refractivity contribution is 0.0504. The minimum atomic E-state index is -2.84. The van der Waals surface area contributed by atoms with Crippen molar-refractivity contribution >= 4 is 24.0 Å². The number of piperidine rings is 1. The average molecular weight is 667 g/mol. The van der Waals surface area contributed by atoms with Gasteiger partial charge in [-0.25, -0.2) is 36.7 Å². The van der Waals surface area contributed by atoms with Crippen LogP contribution in [0.2, 0.25) is 0 Å². The van der Waals surface area contributed by atoms with Crippen molar-refractivity contribution < 1.29 is 40.8 Å². The number of halogens is 5. The van der Waals surface area contributed by atoms with Crippen LogP contribution in [-0.2, 0) is 4.74 Å². The summed E-state index contributed by atoms with van der Waals surface area (Å²) in [6, 6.07) is 0.331. The second kappa shape index (κ2) is 13.7. The van der Waals surface area contributed by atoms with Crippen molar-refractivity contribution in [1.82, 2.24) is 30.3 Å². The number of hydrogen-bond acceptors (Lipinski definition) is 10. The molecule has 17 heteroatoms. The Balaban J connectivity index is 1.27. The van der Waals surface area contributed by atoms with Crippen molar-refractivity contribution in [3.8, 4) is 0 Å². The zero-order valence-electron chi connectivity index (χ0n) is 26.2. The van der Waals surface area contributed by atoms with E-state index in [4.69, 9.17) is 9.26 Å². The number of carbonyl (C=O) groups excluding carboxylic acids is 2. The fourth-order valence-corrected chi connectivity index (χ4v) is 5.85. The maximum Gasteiger partial charge on any atom is 0.407 e. The summed E-state index contributed by atoms with van der Waals surface area (Å²) in [5, 5.41) is 6.00. The van der Waals surface area contributed by atoms with E-state index in [-0.39, 0.29) is 48.1 Å². The predicted octanol–water partition coefficient (Wildman–Crippen LogP) is 4.84. The van der Waals surface area contributed by atoms with E-state index in [1.807, 2.05) is 6.92 Å². The molecule has 2 aromatic heterocycles. The highest BCUT2D eigenvalue weighted by Gasteiger charge is 2.39. The predicted molar refractivity (Wildman–Crippen MR) is 158 cm³/mol. The third kappa shape index (κ3) is 7.71. The highest BCUT2D eigenvalue weighted by atomic mass is 19.3. The van der Waals surface area contributed by atoms with Gasteiger partial charge in [-0.3, -0.25) is 4.79 Å². The van der Waals surface area contributed by atoms with Gasteiger partial charge in [-0.05, 0) is 52.2 Å². The van der Waals surface area contributed by atoms with Crippen molar-refractivity contribution in [2.75, 3.05) is 42.5 Å². The fraction of sp³-hybridized carbons (Fsp3) is 0.533. The Kier molecular flexibility index (Phi) is 9.81. The van der Waals surface area contributed by atoms with Gasteiger partial charge in [0.1, 0.15) is 11.4 Å². The number of alkyl halides is 2. The van der Waals surface area contributed by atoms with Crippen LogP contribution < -0.4 is 15.1 Å². The molecule has 5 rings (SSSR count). The molecule has 2 aliphatic rings. The first-order valence-electron chi connectivity index (χ1n) is 15.1. The largest absolute Gasteiger partial charge is 0.444 e. The molecule has 12 nitrogen and oxygen atoms in total. The van der Waals surface area contributed by atoms with E-state index in [1.165, 1.54) is 12.4 Å². The maximum absolute atomic E-state index is 14.9. The number of benzene rings is 1. The van der Waals surface area contributed by atoms with Gasteiger partial charge in [0.05, 0.1) is 11.6 Å². The van der Waals surface area contributed by atoms with E-state index in [9.17, 15) is 31.5 Å². The van der Waals surface area contributed by atoms with Gasteiger partial charge in [0, 0.05) is 63.1 Å². The van der Waals surface area contributed by atoms with Gasteiger partial charge in [0.25, 0.3) is 5.91 Å². The third-order valence-electron chi connectivity index (χ3n) is 8.03. The van der Waals surface area contributed by atoms with Crippen LogP contribution in [-0.4, -0.2) is 87.4 Å². The number of amides is 2. The molecule has 0 saturated carbocycles. The van der Waals surface area contributed by atoms with Gasteiger partial charge in [-0.1, -0.05) is 5.16 Å². The summed E-state index contributed by atoms with van der Waals surface area (Å²) in [5.74, 6) is -5.12. The Labute approximate surface area is 267 Å². The number of rotatable bonds is 8. The minimum absolute atomic E-state index is 0.0112. The third-order valence-corrected chi connectivity index (χ3v) is 8.03. The molecule has 2 fully saturated rings. The molecule has 0 radical (unpaired) electrons. The molecule has 2 saturated heterocycles. The topological polar surface area (TPSA) is 130 Å². The second-order valence-electron chi connectivity index (χ2n) is 12.4. The standard InChI is InChI=1S/C30H35F5N8O4/c1-5-43(17-6-8-41(9-7-17)28-39-25(24(34)35)40-47-28)26(44)16-12-36-27(37-13-16)42-14-19(18-10-21(32)22(33)11-20(18)31)23(15-42)38-29(45)46-30(2,3)4/h10-13,17,19,23-24H,5-9,14-15H2,1-4H3,(H,38,45). The van der Waals surface area contributed by atoms with E-state index in [2.05, 4.69) is 25.4 Å². The molecule has 2 amide bonds. The molecule has 3 aromatic rings. The molecule has 0 aliphatic carbocycles. The van der Waals surface area contributed by atoms with Gasteiger partial charge < -0.3 is 29.3 Å². The van der Waals surface area contributed by atoms with Crippen molar-refractivity contribution in [2.24, 2.45) is 0 Å². The number of hydrogen-bond donors (Lipinski definition) is 1. The van der Waals surface area contributed by atoms with E-state index < -0.39 is 53.4 Å². The molecule has 2 aliphatic heterocycles. The first-order valence-corrected chi connectivity index (χ1v) is 15.1. The normalized spacial score (nSPS) is 18.9. The fourth-order valence-electron chi connectivity index (χ4n) is 5.85. The van der Waals surface area contributed by atoms with Crippen LogP contribution in [0.25, 0.3) is 0 Å². The smallest absolute Gasteiger partial charge is 0.407 e. The number of alkyl carbamates (subject to hydrolysis) is 1. The highest BCUT2D eigenvalue weighted by molar-refractivity contribution is 5.94. The first kappa shape index (κ1) is 33.8. The summed E-state index contributed by atoms with van der Waals surface area (Å²) < 4.78 is 78.7. The summed E-state index contributed by atoms with van der Waals surface area (Å²) in [7, 11) is 0. The number of nitrogens with zero attached hydrogens (tertiary/aromatic N) is 7. The number of aromatic nitrogens is 4. The number of ether oxygens (including phenoxy) is 1. The molecule has 1 aromatic carbocycles. The molecule has 1 N–H and O–H groups in total. The zero-order valence-corrected chi connectivity index (χ0v) is 26.2. The quantitative estimate of drug-likeness (QED) is 0.263. The Morgan fingerprint density at radius 2 is 1.70 bits per heavy atom. The Morgan fingerprint density at radius 1 is 1.04 bits per heavy atom. The average Bonchev–Trinajstić information content (AvgIpc) is 3.67. The van der Waals surface area contributed by atoms with Crippen molar-refractivity contribution in [3.05, 3.63) is 58.9 Å². The molecule has 4 heterocycles. The lowest BCUT2D eigenvalue weighted by atomic mass is 9.93. The molecular formula is C30H35F5N8O4. The molecular weight excluding hydrogens is 631 g/mol. The number of nitrogens with one attached hydrogen (secondary N) is 1. The zero-order chi connectivity index (χ0) is 34.0. The number of carbonyl (C=O) groups is 2. The van der Waals surface area contributed by atoms with Crippen LogP contribution >= 0.6 is 0 Å². The lowest BCUT2D eigenvalue weighted by Crippen LogP contribution is -2.47. The molecule has 2 atom stereocenters. The van der Waals surface area contributed by atoms with Crippen LogP contribution in [0.3, 0.4) is 0 Å². The molecule has 0 spiro atoms. The van der Waals surface area contributed by atoms with Crippen LogP contribution in [0.5, 0.6) is 0 Å². The van der Waals surface area contributed by atoms with E-state index in [0.29, 0.717) is 38.5 Å². The second-order valence-corrected chi connectivity index (χ2v) is 12.4. The van der Waals surface area contributed by atoms with Gasteiger partial charge >= 0.3 is 18.5 Å². The Morgan fingerprint density at radius 3 is 2.30 bits per heavy atom. The van der Waals surface area contributed by atoms with Crippen LogP contribution in [0.1, 0.15) is 74.6 Å². The first-order chi connectivity index (χ1) is 22.2. The van der Waals surface area contributed by atoms with E-state index in [0.717, 1.165) is 6.07 Å².